The van der Waals surface area contributed by atoms with Crippen LogP contribution < -0.4 is 20.9 Å². The first-order valence-corrected chi connectivity index (χ1v) is 8.00. The smallest absolute Gasteiger partial charge is 0.119 e. The van der Waals surface area contributed by atoms with Gasteiger partial charge >= 0.3 is 0 Å². The van der Waals surface area contributed by atoms with Crippen molar-refractivity contribution in [1.82, 2.24) is 0 Å². The van der Waals surface area contributed by atoms with Gasteiger partial charge in [0.05, 0.1) is 0 Å². The molecule has 0 saturated heterocycles. The minimum atomic E-state index is 0.476. The molecule has 4 nitrogen and oxygen atoms in total. The first kappa shape index (κ1) is 16.8. The summed E-state index contributed by atoms with van der Waals surface area (Å²) in [7, 11) is 0. The highest BCUT2D eigenvalue weighted by Gasteiger charge is 2.00. The Kier molecular flexibility index (Phi) is 6.94. The molecule has 0 spiro atoms. The second-order valence-electron chi connectivity index (χ2n) is 4.52. The van der Waals surface area contributed by atoms with Crippen LogP contribution in [-0.2, 0) is 0 Å². The van der Waals surface area contributed by atoms with E-state index in [0.717, 1.165) is 21.3 Å². The standard InChI is InChI=1S/C18H20N2O2S/c19-11-1-13-21-15-3-7-17(8-4-15)23-18-9-5-16(6-10-18)22-14-2-12-20/h1-12H,13-14,19-20H2/b11-1+,12-2+. The molecule has 0 aliphatic rings. The molecule has 2 aromatic rings. The fraction of sp³-hybridized carbons (Fsp3) is 0.111. The largest absolute Gasteiger partial charge is 0.489 e. The summed E-state index contributed by atoms with van der Waals surface area (Å²) >= 11 is 1.68. The number of benzene rings is 2. The normalized spacial score (nSPS) is 11.1. The van der Waals surface area contributed by atoms with Crippen LogP contribution in [0.3, 0.4) is 0 Å². The zero-order valence-electron chi connectivity index (χ0n) is 12.7. The van der Waals surface area contributed by atoms with E-state index in [1.165, 1.54) is 12.4 Å². The third kappa shape index (κ3) is 6.00. The molecule has 0 heterocycles. The van der Waals surface area contributed by atoms with Crippen molar-refractivity contribution < 1.29 is 9.47 Å². The highest BCUT2D eigenvalue weighted by molar-refractivity contribution is 7.99. The molecule has 0 saturated carbocycles. The fourth-order valence-electron chi connectivity index (χ4n) is 1.74. The lowest BCUT2D eigenvalue weighted by Gasteiger charge is -2.06. The van der Waals surface area contributed by atoms with Crippen molar-refractivity contribution in [3.8, 4) is 11.5 Å². The summed E-state index contributed by atoms with van der Waals surface area (Å²) in [5.74, 6) is 1.65. The Morgan fingerprint density at radius 1 is 0.696 bits per heavy atom. The molecule has 0 bridgehead atoms. The lowest BCUT2D eigenvalue weighted by atomic mass is 10.3. The molecular weight excluding hydrogens is 308 g/mol. The van der Waals surface area contributed by atoms with Gasteiger partial charge in [0.1, 0.15) is 24.7 Å². The average Bonchev–Trinajstić information content (AvgIpc) is 2.58. The van der Waals surface area contributed by atoms with E-state index in [9.17, 15) is 0 Å². The van der Waals surface area contributed by atoms with Crippen molar-refractivity contribution in [1.29, 1.82) is 0 Å². The molecule has 0 unspecified atom stereocenters. The van der Waals surface area contributed by atoms with Gasteiger partial charge in [-0.15, -0.1) is 0 Å². The first-order chi connectivity index (χ1) is 11.3. The summed E-state index contributed by atoms with van der Waals surface area (Å²) in [4.78, 5) is 2.29. The van der Waals surface area contributed by atoms with Crippen molar-refractivity contribution in [2.75, 3.05) is 13.2 Å². The van der Waals surface area contributed by atoms with E-state index in [1.54, 1.807) is 23.9 Å². The van der Waals surface area contributed by atoms with Crippen LogP contribution in [0.4, 0.5) is 0 Å². The van der Waals surface area contributed by atoms with E-state index in [4.69, 9.17) is 20.9 Å². The Balaban J connectivity index is 1.88. The SMILES string of the molecule is N/C=C/COc1ccc(Sc2ccc(OC/C=C/N)cc2)cc1. The predicted molar refractivity (Wildman–Crippen MR) is 94.7 cm³/mol. The van der Waals surface area contributed by atoms with Gasteiger partial charge in [-0.1, -0.05) is 11.8 Å². The van der Waals surface area contributed by atoms with Gasteiger partial charge in [0.25, 0.3) is 0 Å². The monoisotopic (exact) mass is 328 g/mol. The van der Waals surface area contributed by atoms with Gasteiger partial charge in [-0.25, -0.2) is 0 Å². The van der Waals surface area contributed by atoms with Crippen molar-refractivity contribution in [2.24, 2.45) is 11.5 Å². The zero-order chi connectivity index (χ0) is 16.3. The summed E-state index contributed by atoms with van der Waals surface area (Å²) in [6.45, 7) is 0.952. The number of hydrogen-bond acceptors (Lipinski definition) is 5. The van der Waals surface area contributed by atoms with Crippen molar-refractivity contribution >= 4 is 11.8 Å². The molecule has 0 aliphatic carbocycles. The molecule has 0 aliphatic heterocycles. The van der Waals surface area contributed by atoms with Crippen LogP contribution in [0.5, 0.6) is 11.5 Å². The summed E-state index contributed by atoms with van der Waals surface area (Å²) in [6.07, 6.45) is 6.47. The van der Waals surface area contributed by atoms with E-state index in [0.29, 0.717) is 13.2 Å². The molecule has 0 atom stereocenters. The molecule has 5 heteroatoms. The van der Waals surface area contributed by atoms with Crippen LogP contribution in [0.1, 0.15) is 0 Å². The topological polar surface area (TPSA) is 70.5 Å². The van der Waals surface area contributed by atoms with E-state index in [1.807, 2.05) is 48.5 Å². The molecule has 0 radical (unpaired) electrons. The molecule has 120 valence electrons. The first-order valence-electron chi connectivity index (χ1n) is 7.19. The third-order valence-electron chi connectivity index (χ3n) is 2.85. The van der Waals surface area contributed by atoms with Crippen LogP contribution in [0.25, 0.3) is 0 Å². The minimum Gasteiger partial charge on any atom is -0.489 e. The maximum absolute atomic E-state index is 5.51. The lowest BCUT2D eigenvalue weighted by molar-refractivity contribution is 0.362. The van der Waals surface area contributed by atoms with Gasteiger partial charge in [0.2, 0.25) is 0 Å². The van der Waals surface area contributed by atoms with Crippen LogP contribution in [0, 0.1) is 0 Å². The number of nitrogens with two attached hydrogens (primary N) is 2. The number of hydrogen-bond donors (Lipinski definition) is 2. The zero-order valence-corrected chi connectivity index (χ0v) is 13.5. The Labute approximate surface area is 140 Å². The third-order valence-corrected chi connectivity index (χ3v) is 3.86. The Morgan fingerprint density at radius 3 is 1.43 bits per heavy atom. The molecule has 4 N–H and O–H groups in total. The Bertz CT molecular complexity index is 580. The molecule has 2 rings (SSSR count). The number of ether oxygens (including phenoxy) is 2. The molecule has 0 amide bonds. The maximum atomic E-state index is 5.51. The van der Waals surface area contributed by atoms with Crippen LogP contribution in [-0.4, -0.2) is 13.2 Å². The van der Waals surface area contributed by atoms with Crippen molar-refractivity contribution in [2.45, 2.75) is 9.79 Å². The summed E-state index contributed by atoms with van der Waals surface area (Å²) < 4.78 is 11.0. The lowest BCUT2D eigenvalue weighted by Crippen LogP contribution is -1.94. The summed E-state index contributed by atoms with van der Waals surface area (Å²) in [5.41, 5.74) is 10.5. The number of rotatable bonds is 8. The summed E-state index contributed by atoms with van der Waals surface area (Å²) in [6, 6.07) is 15.9. The van der Waals surface area contributed by atoms with Crippen LogP contribution in [0.15, 0.2) is 82.9 Å². The van der Waals surface area contributed by atoms with Crippen molar-refractivity contribution in [3.05, 3.63) is 73.1 Å². The molecule has 23 heavy (non-hydrogen) atoms. The molecular formula is C18H20N2O2S. The van der Waals surface area contributed by atoms with Gasteiger partial charge < -0.3 is 20.9 Å². The Hall–Kier alpha value is -2.53. The molecule has 0 fully saturated rings. The predicted octanol–water partition coefficient (Wildman–Crippen LogP) is 3.54. The van der Waals surface area contributed by atoms with Gasteiger partial charge in [0.15, 0.2) is 0 Å². The summed E-state index contributed by atoms with van der Waals surface area (Å²) in [5, 5.41) is 0. The van der Waals surface area contributed by atoms with Gasteiger partial charge in [-0.05, 0) is 73.1 Å². The average molecular weight is 328 g/mol. The van der Waals surface area contributed by atoms with E-state index < -0.39 is 0 Å². The van der Waals surface area contributed by atoms with Gasteiger partial charge in [0, 0.05) is 9.79 Å². The van der Waals surface area contributed by atoms with E-state index >= 15 is 0 Å². The van der Waals surface area contributed by atoms with Crippen molar-refractivity contribution in [3.63, 3.8) is 0 Å². The van der Waals surface area contributed by atoms with E-state index in [-0.39, 0.29) is 0 Å². The van der Waals surface area contributed by atoms with Gasteiger partial charge in [-0.3, -0.25) is 0 Å². The van der Waals surface area contributed by atoms with Crippen LogP contribution >= 0.6 is 11.8 Å². The second-order valence-corrected chi connectivity index (χ2v) is 5.67. The van der Waals surface area contributed by atoms with Crippen LogP contribution in [0.2, 0.25) is 0 Å². The molecule has 0 aromatic heterocycles. The minimum absolute atomic E-state index is 0.476. The molecule has 2 aromatic carbocycles. The maximum Gasteiger partial charge on any atom is 0.119 e. The van der Waals surface area contributed by atoms with E-state index in [2.05, 4.69) is 0 Å². The highest BCUT2D eigenvalue weighted by Crippen LogP contribution is 2.30. The van der Waals surface area contributed by atoms with Gasteiger partial charge in [-0.2, -0.15) is 0 Å². The second kappa shape index (κ2) is 9.48. The quantitative estimate of drug-likeness (QED) is 0.775. The highest BCUT2D eigenvalue weighted by atomic mass is 32.2. The Morgan fingerprint density at radius 2 is 1.09 bits per heavy atom. The fourth-order valence-corrected chi connectivity index (χ4v) is 2.56.